The van der Waals surface area contributed by atoms with Crippen LogP contribution < -0.4 is 4.74 Å². The number of likely N-dealkylation sites (tertiary alicyclic amines) is 1. The number of hydrogen-bond donors (Lipinski definition) is 1. The Hall–Kier alpha value is -2.88. The van der Waals surface area contributed by atoms with Crippen LogP contribution in [0, 0.1) is 11.7 Å². The molecule has 0 saturated carbocycles. The molecule has 1 fully saturated rings. The molecule has 4 rings (SSSR count). The number of rotatable bonds is 7. The summed E-state index contributed by atoms with van der Waals surface area (Å²) < 4.78 is 47.0. The van der Waals surface area contributed by atoms with Gasteiger partial charge in [-0.3, -0.25) is 4.90 Å². The van der Waals surface area contributed by atoms with E-state index in [1.807, 2.05) is 6.20 Å². The first-order valence-corrected chi connectivity index (χ1v) is 9.42. The normalized spacial score (nSPS) is 15.9. The highest BCUT2D eigenvalue weighted by molar-refractivity contribution is 5.34. The Morgan fingerprint density at radius 1 is 1.21 bits per heavy atom. The Labute approximate surface area is 165 Å². The molecule has 0 amide bonds. The predicted molar refractivity (Wildman–Crippen MR) is 98.4 cm³/mol. The van der Waals surface area contributed by atoms with Crippen LogP contribution in [0.4, 0.5) is 13.2 Å². The van der Waals surface area contributed by atoms with E-state index in [4.69, 9.17) is 4.74 Å². The molecule has 2 aromatic heterocycles. The molecule has 7 nitrogen and oxygen atoms in total. The summed E-state index contributed by atoms with van der Waals surface area (Å²) in [7, 11) is 0. The average molecular weight is 406 g/mol. The fourth-order valence-electron chi connectivity index (χ4n) is 3.39. The third-order valence-corrected chi connectivity index (χ3v) is 4.97. The van der Waals surface area contributed by atoms with E-state index in [2.05, 4.69) is 25.0 Å². The van der Waals surface area contributed by atoms with E-state index in [9.17, 15) is 13.2 Å². The molecule has 0 spiro atoms. The van der Waals surface area contributed by atoms with E-state index >= 15 is 0 Å². The van der Waals surface area contributed by atoms with Crippen molar-refractivity contribution in [3.05, 3.63) is 54.1 Å². The van der Waals surface area contributed by atoms with Gasteiger partial charge >= 0.3 is 6.01 Å². The lowest BCUT2D eigenvalue weighted by Crippen LogP contribution is -2.35. The monoisotopic (exact) mass is 406 g/mol. The molecule has 1 N–H and O–H groups in total. The van der Waals surface area contributed by atoms with Crippen molar-refractivity contribution in [3.8, 4) is 11.7 Å². The first-order chi connectivity index (χ1) is 14.1. The second kappa shape index (κ2) is 8.64. The van der Waals surface area contributed by atoms with Gasteiger partial charge in [0, 0.05) is 18.4 Å². The van der Waals surface area contributed by atoms with E-state index in [1.165, 1.54) is 18.2 Å². The summed E-state index contributed by atoms with van der Waals surface area (Å²) in [5, 5.41) is 3.73. The summed E-state index contributed by atoms with van der Waals surface area (Å²) in [5.41, 5.74) is 1.09. The van der Waals surface area contributed by atoms with Crippen LogP contribution in [0.15, 0.2) is 36.8 Å². The number of nitrogens with one attached hydrogen (secondary N) is 1. The number of alkyl halides is 2. The number of hydrogen-bond acceptors (Lipinski definition) is 5. The number of ether oxygens (including phenoxy) is 1. The highest BCUT2D eigenvalue weighted by atomic mass is 19.3. The number of para-hydroxylation sites is 1. The molecule has 154 valence electrons. The van der Waals surface area contributed by atoms with Crippen molar-refractivity contribution in [2.45, 2.75) is 25.8 Å². The molecule has 1 aliphatic heterocycles. The predicted octanol–water partition coefficient (Wildman–Crippen LogP) is 3.36. The summed E-state index contributed by atoms with van der Waals surface area (Å²) >= 11 is 0. The minimum Gasteiger partial charge on any atom is -0.463 e. The van der Waals surface area contributed by atoms with Crippen molar-refractivity contribution in [3.63, 3.8) is 0 Å². The van der Waals surface area contributed by atoms with Crippen molar-refractivity contribution in [2.75, 3.05) is 19.7 Å². The SMILES string of the molecule is Fc1ccccc1-n1nc(C(F)F)nc1OCC1CCN(Cc2cnc[nH]2)CC1. The zero-order valence-electron chi connectivity index (χ0n) is 15.6. The van der Waals surface area contributed by atoms with Crippen LogP contribution in [0.1, 0.15) is 30.8 Å². The summed E-state index contributed by atoms with van der Waals surface area (Å²) in [6, 6.07) is 5.67. The highest BCUT2D eigenvalue weighted by Crippen LogP contribution is 2.25. The first kappa shape index (κ1) is 19.4. The second-order valence-electron chi connectivity index (χ2n) is 7.02. The van der Waals surface area contributed by atoms with Crippen LogP contribution in [0.5, 0.6) is 6.01 Å². The van der Waals surface area contributed by atoms with Gasteiger partial charge in [0.15, 0.2) is 0 Å². The Balaban J connectivity index is 1.39. The smallest absolute Gasteiger partial charge is 0.320 e. The number of aromatic amines is 1. The van der Waals surface area contributed by atoms with Gasteiger partial charge in [0.2, 0.25) is 5.82 Å². The van der Waals surface area contributed by atoms with Gasteiger partial charge in [0.25, 0.3) is 6.43 Å². The van der Waals surface area contributed by atoms with E-state index in [1.54, 1.807) is 12.4 Å². The van der Waals surface area contributed by atoms with E-state index < -0.39 is 18.1 Å². The van der Waals surface area contributed by atoms with Gasteiger partial charge in [-0.1, -0.05) is 12.1 Å². The van der Waals surface area contributed by atoms with Gasteiger partial charge in [-0.15, -0.1) is 5.10 Å². The summed E-state index contributed by atoms with van der Waals surface area (Å²) in [4.78, 5) is 13.2. The quantitative estimate of drug-likeness (QED) is 0.652. The maximum Gasteiger partial charge on any atom is 0.320 e. The maximum atomic E-state index is 14.1. The van der Waals surface area contributed by atoms with Crippen molar-refractivity contribution in [1.29, 1.82) is 0 Å². The highest BCUT2D eigenvalue weighted by Gasteiger charge is 2.24. The molecule has 3 aromatic rings. The number of H-pyrrole nitrogens is 1. The first-order valence-electron chi connectivity index (χ1n) is 9.42. The van der Waals surface area contributed by atoms with Crippen LogP contribution >= 0.6 is 0 Å². The fraction of sp³-hybridized carbons (Fsp3) is 0.421. The zero-order valence-corrected chi connectivity index (χ0v) is 15.6. The zero-order chi connectivity index (χ0) is 20.2. The minimum absolute atomic E-state index is 0.0243. The topological polar surface area (TPSA) is 71.9 Å². The van der Waals surface area contributed by atoms with Crippen LogP contribution in [0.2, 0.25) is 0 Å². The van der Waals surface area contributed by atoms with Crippen LogP contribution in [-0.2, 0) is 6.54 Å². The van der Waals surface area contributed by atoms with Crippen LogP contribution in [0.25, 0.3) is 5.69 Å². The maximum absolute atomic E-state index is 14.1. The Morgan fingerprint density at radius 3 is 2.69 bits per heavy atom. The summed E-state index contributed by atoms with van der Waals surface area (Å²) in [6.07, 6.45) is 2.42. The van der Waals surface area contributed by atoms with Gasteiger partial charge in [-0.25, -0.2) is 18.2 Å². The summed E-state index contributed by atoms with van der Waals surface area (Å²) in [5.74, 6) is -1.01. The van der Waals surface area contributed by atoms with Crippen LogP contribution in [-0.4, -0.2) is 49.3 Å². The van der Waals surface area contributed by atoms with E-state index in [-0.39, 0.29) is 17.6 Å². The molecule has 0 bridgehead atoms. The molecule has 3 heterocycles. The van der Waals surface area contributed by atoms with Crippen molar-refractivity contribution >= 4 is 0 Å². The van der Waals surface area contributed by atoms with Crippen molar-refractivity contribution < 1.29 is 17.9 Å². The standard InChI is InChI=1S/C19H21F3N6O/c20-15-3-1-2-4-16(15)28-19(25-18(26-28)17(21)22)29-11-13-5-7-27(8-6-13)10-14-9-23-12-24-14/h1-4,9,12-13,17H,5-8,10-11H2,(H,23,24). The number of nitrogens with zero attached hydrogens (tertiary/aromatic N) is 5. The number of halogens is 3. The molecule has 0 radical (unpaired) electrons. The van der Waals surface area contributed by atoms with Gasteiger partial charge in [-0.05, 0) is 44.0 Å². The fourth-order valence-corrected chi connectivity index (χ4v) is 3.39. The van der Waals surface area contributed by atoms with Gasteiger partial charge in [-0.2, -0.15) is 9.67 Å². The van der Waals surface area contributed by atoms with Gasteiger partial charge in [0.05, 0.1) is 12.9 Å². The average Bonchev–Trinajstić information content (AvgIpc) is 3.38. The number of benzene rings is 1. The minimum atomic E-state index is -2.86. The Kier molecular flexibility index (Phi) is 5.79. The molecular weight excluding hydrogens is 385 g/mol. The van der Waals surface area contributed by atoms with Crippen LogP contribution in [0.3, 0.4) is 0 Å². The molecule has 1 saturated heterocycles. The molecule has 29 heavy (non-hydrogen) atoms. The molecule has 1 aromatic carbocycles. The lowest BCUT2D eigenvalue weighted by atomic mass is 9.98. The van der Waals surface area contributed by atoms with Gasteiger partial charge in [0.1, 0.15) is 11.5 Å². The lowest BCUT2D eigenvalue weighted by molar-refractivity contribution is 0.128. The second-order valence-corrected chi connectivity index (χ2v) is 7.02. The number of aromatic nitrogens is 5. The molecule has 1 aliphatic rings. The number of piperidine rings is 1. The summed E-state index contributed by atoms with van der Waals surface area (Å²) in [6.45, 7) is 2.92. The molecular formula is C19H21F3N6O. The molecule has 0 aliphatic carbocycles. The molecule has 10 heteroatoms. The Morgan fingerprint density at radius 2 is 2.00 bits per heavy atom. The Bertz CT molecular complexity index is 922. The van der Waals surface area contributed by atoms with Crippen molar-refractivity contribution in [1.82, 2.24) is 29.6 Å². The van der Waals surface area contributed by atoms with Gasteiger partial charge < -0.3 is 9.72 Å². The van der Waals surface area contributed by atoms with E-state index in [0.717, 1.165) is 42.9 Å². The molecule has 0 unspecified atom stereocenters. The third-order valence-electron chi connectivity index (χ3n) is 4.97. The third kappa shape index (κ3) is 4.58. The lowest BCUT2D eigenvalue weighted by Gasteiger charge is -2.31. The number of imidazole rings is 1. The van der Waals surface area contributed by atoms with Crippen molar-refractivity contribution in [2.24, 2.45) is 5.92 Å². The van der Waals surface area contributed by atoms with E-state index in [0.29, 0.717) is 6.61 Å². The molecule has 0 atom stereocenters. The largest absolute Gasteiger partial charge is 0.463 e.